The number of hydrogen-bond donors (Lipinski definition) is 0. The van der Waals surface area contributed by atoms with Gasteiger partial charge in [0.2, 0.25) is 0 Å². The lowest BCUT2D eigenvalue weighted by molar-refractivity contribution is -0.269. The van der Waals surface area contributed by atoms with Gasteiger partial charge >= 0.3 is 6.18 Å². The lowest BCUT2D eigenvalue weighted by Crippen LogP contribution is -2.53. The maximum absolute atomic E-state index is 13.2. The Kier molecular flexibility index (Phi) is 4.46. The first-order chi connectivity index (χ1) is 10.5. The average Bonchev–Trinajstić information content (AvgIpc) is 2.44. The number of carbonyl (C=O) groups is 1. The Hall–Kier alpha value is -1.98. The monoisotopic (exact) mass is 326 g/mol. The number of benzene rings is 1. The Bertz CT molecular complexity index is 629. The highest BCUT2D eigenvalue weighted by atomic mass is 19.4. The molecule has 0 saturated carbocycles. The summed E-state index contributed by atoms with van der Waals surface area (Å²) in [6.07, 6.45) is -3.97. The number of nitrogens with zero attached hydrogens (tertiary/aromatic N) is 1. The molecule has 1 amide bonds. The van der Waals surface area contributed by atoms with E-state index in [2.05, 4.69) is 0 Å². The van der Waals surface area contributed by atoms with E-state index in [1.54, 1.807) is 12.1 Å². The van der Waals surface area contributed by atoms with Crippen LogP contribution in [0.3, 0.4) is 0 Å². The van der Waals surface area contributed by atoms with Gasteiger partial charge in [-0.3, -0.25) is 0 Å². The summed E-state index contributed by atoms with van der Waals surface area (Å²) < 4.78 is 39.6. The van der Waals surface area contributed by atoms with Crippen LogP contribution in [-0.2, 0) is 6.18 Å². The summed E-state index contributed by atoms with van der Waals surface area (Å²) in [4.78, 5) is 12.5. The fraction of sp³-hybridized carbons (Fsp3) is 0.471. The third kappa shape index (κ3) is 3.68. The Balaban J connectivity index is 2.45. The molecule has 2 rings (SSSR count). The summed E-state index contributed by atoms with van der Waals surface area (Å²) in [6, 6.07) is 4.96. The molecule has 1 heterocycles. The molecule has 1 unspecified atom stereocenters. The third-order valence-corrected chi connectivity index (χ3v) is 4.14. The summed E-state index contributed by atoms with van der Waals surface area (Å²) in [5.41, 5.74) is -0.462. The van der Waals surface area contributed by atoms with Crippen molar-refractivity contribution in [2.45, 2.75) is 39.4 Å². The van der Waals surface area contributed by atoms with E-state index in [4.69, 9.17) is 0 Å². The lowest BCUT2D eigenvalue weighted by atomic mass is 9.78. The zero-order valence-electron chi connectivity index (χ0n) is 13.3. The Labute approximate surface area is 133 Å². The highest BCUT2D eigenvalue weighted by Gasteiger charge is 2.37. The predicted molar refractivity (Wildman–Crippen MR) is 79.4 cm³/mol. The first-order valence-corrected chi connectivity index (χ1v) is 7.35. The quantitative estimate of drug-likeness (QED) is 0.792. The van der Waals surface area contributed by atoms with E-state index >= 15 is 0 Å². The number of carboxylic acid groups (broad SMARTS) is 1. The van der Waals surface area contributed by atoms with Crippen LogP contribution in [-0.4, -0.2) is 23.6 Å². The summed E-state index contributed by atoms with van der Waals surface area (Å²) in [7, 11) is 0. The van der Waals surface area contributed by atoms with Crippen LogP contribution in [0.1, 0.15) is 38.3 Å². The zero-order valence-corrected chi connectivity index (χ0v) is 13.3. The van der Waals surface area contributed by atoms with Crippen LogP contribution in [0.2, 0.25) is 0 Å². The maximum atomic E-state index is 13.2. The normalized spacial score (nSPS) is 19.5. The number of rotatable bonds is 1. The van der Waals surface area contributed by atoms with E-state index < -0.39 is 29.3 Å². The summed E-state index contributed by atoms with van der Waals surface area (Å²) in [6.45, 7) is 5.64. The van der Waals surface area contributed by atoms with Crippen molar-refractivity contribution in [3.8, 4) is 0 Å². The zero-order chi connectivity index (χ0) is 17.4. The first kappa shape index (κ1) is 17.4. The molecular formula is C17H19F3NO2-. The molecule has 6 heteroatoms. The van der Waals surface area contributed by atoms with E-state index in [-0.39, 0.29) is 18.5 Å². The van der Waals surface area contributed by atoms with Gasteiger partial charge in [0, 0.05) is 12.6 Å². The Morgan fingerprint density at radius 3 is 2.35 bits per heavy atom. The molecule has 1 aliphatic rings. The van der Waals surface area contributed by atoms with Gasteiger partial charge < -0.3 is 14.8 Å². The van der Waals surface area contributed by atoms with Crippen LogP contribution in [0.25, 0.3) is 5.57 Å². The molecule has 0 bridgehead atoms. The molecule has 1 aliphatic heterocycles. The van der Waals surface area contributed by atoms with Crippen LogP contribution < -0.4 is 5.11 Å². The molecule has 0 fully saturated rings. The largest absolute Gasteiger partial charge is 0.530 e. The second kappa shape index (κ2) is 5.91. The topological polar surface area (TPSA) is 43.4 Å². The van der Waals surface area contributed by atoms with Crippen molar-refractivity contribution in [2.24, 2.45) is 5.41 Å². The molecular weight excluding hydrogens is 307 g/mol. The molecule has 0 aliphatic carbocycles. The number of carbonyl (C=O) groups excluding carboxylic acids is 1. The van der Waals surface area contributed by atoms with Gasteiger partial charge in [-0.05, 0) is 29.0 Å². The van der Waals surface area contributed by atoms with Gasteiger partial charge in [-0.1, -0.05) is 45.0 Å². The molecule has 1 aromatic carbocycles. The van der Waals surface area contributed by atoms with E-state index in [9.17, 15) is 23.1 Å². The number of hydrogen-bond acceptors (Lipinski definition) is 2. The molecule has 0 saturated heterocycles. The highest BCUT2D eigenvalue weighted by molar-refractivity contribution is 5.73. The van der Waals surface area contributed by atoms with Gasteiger partial charge in [-0.2, -0.15) is 13.2 Å². The van der Waals surface area contributed by atoms with Gasteiger partial charge in [-0.15, -0.1) is 0 Å². The minimum atomic E-state index is -4.44. The first-order valence-electron chi connectivity index (χ1n) is 7.35. The van der Waals surface area contributed by atoms with Crippen LogP contribution in [0.4, 0.5) is 18.0 Å². The highest BCUT2D eigenvalue weighted by Crippen LogP contribution is 2.40. The van der Waals surface area contributed by atoms with Crippen molar-refractivity contribution >= 4 is 11.7 Å². The van der Waals surface area contributed by atoms with E-state index in [1.165, 1.54) is 17.0 Å². The maximum Gasteiger partial charge on any atom is 0.416 e. The van der Waals surface area contributed by atoms with Crippen molar-refractivity contribution in [1.82, 2.24) is 4.90 Å². The third-order valence-electron chi connectivity index (χ3n) is 4.14. The number of amides is 1. The average molecular weight is 326 g/mol. The molecule has 0 aromatic heterocycles. The Morgan fingerprint density at radius 1 is 1.22 bits per heavy atom. The standard InChI is InChI=1S/C17H20F3NO2/c1-16(2,3)14-10-11(8-9-21(14)15(22)23)12-6-4-5-7-13(12)17(18,19)20/h4-8,14H,9-10H2,1-3H3,(H,22,23)/p-1. The van der Waals surface area contributed by atoms with Gasteiger partial charge in [0.1, 0.15) is 6.09 Å². The Morgan fingerprint density at radius 2 is 1.83 bits per heavy atom. The van der Waals surface area contributed by atoms with Crippen LogP contribution in [0.15, 0.2) is 30.3 Å². The fourth-order valence-electron chi connectivity index (χ4n) is 2.94. The van der Waals surface area contributed by atoms with Crippen molar-refractivity contribution in [2.75, 3.05) is 6.54 Å². The summed E-state index contributed by atoms with van der Waals surface area (Å²) in [5.74, 6) is 0. The minimum Gasteiger partial charge on any atom is -0.530 e. The molecule has 126 valence electrons. The van der Waals surface area contributed by atoms with E-state index in [1.807, 2.05) is 20.8 Å². The minimum absolute atomic E-state index is 0.0335. The molecule has 23 heavy (non-hydrogen) atoms. The lowest BCUT2D eigenvalue weighted by Gasteiger charge is -2.44. The smallest absolute Gasteiger partial charge is 0.416 e. The van der Waals surface area contributed by atoms with Gasteiger partial charge in [0.15, 0.2) is 0 Å². The van der Waals surface area contributed by atoms with E-state index in [0.29, 0.717) is 5.57 Å². The number of alkyl halides is 3. The molecule has 0 spiro atoms. The van der Waals surface area contributed by atoms with Crippen LogP contribution in [0, 0.1) is 5.41 Å². The van der Waals surface area contributed by atoms with Crippen molar-refractivity contribution in [3.63, 3.8) is 0 Å². The summed E-state index contributed by atoms with van der Waals surface area (Å²) >= 11 is 0. The fourth-order valence-corrected chi connectivity index (χ4v) is 2.94. The summed E-state index contributed by atoms with van der Waals surface area (Å²) in [5, 5.41) is 11.3. The predicted octanol–water partition coefficient (Wildman–Crippen LogP) is 3.55. The van der Waals surface area contributed by atoms with E-state index in [0.717, 1.165) is 6.07 Å². The second-order valence-corrected chi connectivity index (χ2v) is 6.78. The van der Waals surface area contributed by atoms with Crippen molar-refractivity contribution < 1.29 is 23.1 Å². The molecule has 1 atom stereocenters. The molecule has 1 aromatic rings. The number of halogens is 3. The molecule has 0 radical (unpaired) electrons. The van der Waals surface area contributed by atoms with Crippen LogP contribution >= 0.6 is 0 Å². The SMILES string of the molecule is CC(C)(C)C1CC(c2ccccc2C(F)(F)F)=CCN1C(=O)[O-]. The molecule has 3 nitrogen and oxygen atoms in total. The second-order valence-electron chi connectivity index (χ2n) is 6.78. The van der Waals surface area contributed by atoms with Gasteiger partial charge in [-0.25, -0.2) is 0 Å². The van der Waals surface area contributed by atoms with Gasteiger partial charge in [0.05, 0.1) is 5.56 Å². The van der Waals surface area contributed by atoms with Crippen molar-refractivity contribution in [3.05, 3.63) is 41.5 Å². The van der Waals surface area contributed by atoms with Crippen LogP contribution in [0.5, 0.6) is 0 Å². The molecule has 0 N–H and O–H groups in total. The van der Waals surface area contributed by atoms with Crippen molar-refractivity contribution in [1.29, 1.82) is 0 Å². The van der Waals surface area contributed by atoms with Gasteiger partial charge in [0.25, 0.3) is 0 Å².